The fourth-order valence-corrected chi connectivity index (χ4v) is 8.38. The Bertz CT molecular complexity index is 717. The van der Waals surface area contributed by atoms with Crippen molar-refractivity contribution in [3.05, 3.63) is 60.7 Å². The highest BCUT2D eigenvalue weighted by atomic mass is 35.6. The molecule has 0 amide bonds. The molecule has 0 aromatic heterocycles. The maximum absolute atomic E-state index is 14.2. The third kappa shape index (κ3) is 3.61. The van der Waals surface area contributed by atoms with Gasteiger partial charge in [-0.3, -0.25) is 0 Å². The number of ether oxygens (including phenoxy) is 1. The molecular formula is C18H19AlClO4P. The van der Waals surface area contributed by atoms with Gasteiger partial charge in [0, 0.05) is 23.4 Å². The zero-order chi connectivity index (χ0) is 17.3. The van der Waals surface area contributed by atoms with Gasteiger partial charge >= 0.3 is 13.9 Å². The van der Waals surface area contributed by atoms with Gasteiger partial charge in [-0.25, -0.2) is 0 Å². The molecule has 2 aliphatic rings. The Labute approximate surface area is 156 Å². The molecule has 4 rings (SSSR count). The number of fused-ring (bicyclic) bond motifs is 1. The maximum Gasteiger partial charge on any atom is 0.813 e. The molecule has 2 aromatic rings. The van der Waals surface area contributed by atoms with Gasteiger partial charge in [0.25, 0.3) is 0 Å². The average Bonchev–Trinajstić information content (AvgIpc) is 3.04. The van der Waals surface area contributed by atoms with Crippen LogP contribution in [0.15, 0.2) is 60.7 Å². The van der Waals surface area contributed by atoms with Crippen LogP contribution in [0, 0.1) is 0 Å². The van der Waals surface area contributed by atoms with Crippen molar-refractivity contribution in [3.8, 4) is 0 Å². The second kappa shape index (κ2) is 7.55. The second-order valence-electron chi connectivity index (χ2n) is 6.34. The Hall–Kier alpha value is -0.628. The molecular weight excluding hydrogens is 374 g/mol. The Balaban J connectivity index is 1.69. The van der Waals surface area contributed by atoms with Gasteiger partial charge in [0.2, 0.25) is 0 Å². The minimum absolute atomic E-state index is 0.0343. The van der Waals surface area contributed by atoms with E-state index in [0.717, 1.165) is 17.0 Å². The first-order valence-electron chi connectivity index (χ1n) is 8.44. The molecule has 130 valence electrons. The molecule has 0 bridgehead atoms. The van der Waals surface area contributed by atoms with Crippen LogP contribution in [-0.2, 0) is 16.9 Å². The first-order valence-corrected chi connectivity index (χ1v) is 13.0. The largest absolute Gasteiger partial charge is 0.813 e. The number of hydrogen-bond donors (Lipinski definition) is 0. The van der Waals surface area contributed by atoms with Crippen molar-refractivity contribution in [1.82, 2.24) is 0 Å². The molecule has 2 fully saturated rings. The average molecular weight is 393 g/mol. The van der Waals surface area contributed by atoms with Crippen molar-refractivity contribution < 1.29 is 16.9 Å². The third-order valence-corrected chi connectivity index (χ3v) is 9.64. The molecule has 0 aliphatic carbocycles. The van der Waals surface area contributed by atoms with Crippen LogP contribution in [-0.4, -0.2) is 45.0 Å². The molecule has 2 saturated heterocycles. The molecule has 4 nitrogen and oxygen atoms in total. The Kier molecular flexibility index (Phi) is 5.36. The van der Waals surface area contributed by atoms with E-state index in [-0.39, 0.29) is 18.3 Å². The molecule has 0 saturated carbocycles. The summed E-state index contributed by atoms with van der Waals surface area (Å²) in [5, 5.41) is 1.68. The molecule has 0 unspecified atom stereocenters. The number of rotatable bonds is 4. The van der Waals surface area contributed by atoms with E-state index in [1.54, 1.807) is 0 Å². The normalized spacial score (nSPS) is 26.4. The molecule has 2 aromatic carbocycles. The van der Waals surface area contributed by atoms with E-state index in [2.05, 4.69) is 0 Å². The van der Waals surface area contributed by atoms with Gasteiger partial charge in [-0.2, -0.15) is 10.0 Å². The summed E-state index contributed by atoms with van der Waals surface area (Å²) in [6.07, 6.45) is 0.639. The van der Waals surface area contributed by atoms with Gasteiger partial charge in [0.1, 0.15) is 7.14 Å². The second-order valence-corrected chi connectivity index (χ2v) is 11.4. The highest BCUT2D eigenvalue weighted by Crippen LogP contribution is 2.46. The summed E-state index contributed by atoms with van der Waals surface area (Å²) in [6, 6.07) is 19.3. The Morgan fingerprint density at radius 2 is 1.60 bits per heavy atom. The van der Waals surface area contributed by atoms with E-state index >= 15 is 0 Å². The van der Waals surface area contributed by atoms with Crippen molar-refractivity contribution >= 4 is 41.7 Å². The predicted molar refractivity (Wildman–Crippen MR) is 100 cm³/mol. The highest BCUT2D eigenvalue weighted by Gasteiger charge is 2.50. The lowest BCUT2D eigenvalue weighted by atomic mass is 10.0. The molecule has 2 aliphatic heterocycles. The number of halogens is 1. The van der Waals surface area contributed by atoms with Crippen LogP contribution in [0.25, 0.3) is 0 Å². The topological polar surface area (TPSA) is 44.8 Å². The zero-order valence-corrected chi connectivity index (χ0v) is 16.5. The maximum atomic E-state index is 14.2. The van der Waals surface area contributed by atoms with Gasteiger partial charge in [0.05, 0.1) is 18.3 Å². The van der Waals surface area contributed by atoms with E-state index in [1.165, 1.54) is 0 Å². The van der Waals surface area contributed by atoms with Gasteiger partial charge in [-0.05, 0) is 6.42 Å². The van der Waals surface area contributed by atoms with Gasteiger partial charge < -0.3 is 16.9 Å². The molecule has 0 radical (unpaired) electrons. The van der Waals surface area contributed by atoms with Gasteiger partial charge in [-0.1, -0.05) is 60.7 Å². The third-order valence-electron chi connectivity index (χ3n) is 4.80. The zero-order valence-electron chi connectivity index (χ0n) is 13.7. The molecule has 7 heteroatoms. The van der Waals surface area contributed by atoms with E-state index in [9.17, 15) is 4.57 Å². The van der Waals surface area contributed by atoms with E-state index in [4.69, 9.17) is 22.4 Å². The smallest absolute Gasteiger partial charge is 0.461 e. The number of benzene rings is 2. The van der Waals surface area contributed by atoms with Crippen LogP contribution in [0.1, 0.15) is 6.42 Å². The summed E-state index contributed by atoms with van der Waals surface area (Å²) in [5.74, 6) is 0. The van der Waals surface area contributed by atoms with Crippen LogP contribution < -0.4 is 10.6 Å². The summed E-state index contributed by atoms with van der Waals surface area (Å²) < 4.78 is 31.7. The van der Waals surface area contributed by atoms with Crippen LogP contribution in [0.3, 0.4) is 0 Å². The van der Waals surface area contributed by atoms with Crippen molar-refractivity contribution in [2.45, 2.75) is 24.7 Å². The van der Waals surface area contributed by atoms with E-state index in [1.807, 2.05) is 60.7 Å². The fraction of sp³-hybridized carbons (Fsp3) is 0.333. The molecule has 0 spiro atoms. The predicted octanol–water partition coefficient (Wildman–Crippen LogP) is 2.80. The quantitative estimate of drug-likeness (QED) is 0.593. The standard InChI is InChI=1S/C18H19O4P.Al.ClH/c19-16-11-12-22-17(18(16)20)13-23(21,14-7-3-1-4-8-14)15-9-5-2-6-10-15;;/h1-10,16-18H,11-13H2;;1H/q-2;+3;/p-1/t16-,17+,18-;;/m0../s1. The first-order chi connectivity index (χ1) is 12.2. The minimum atomic E-state index is -2.85. The molecule has 3 atom stereocenters. The van der Waals surface area contributed by atoms with Gasteiger partial charge in [0.15, 0.2) is 0 Å². The summed E-state index contributed by atoms with van der Waals surface area (Å²) in [6.45, 7) is 0.580. The highest BCUT2D eigenvalue weighted by molar-refractivity contribution is 7.78. The summed E-state index contributed by atoms with van der Waals surface area (Å²) in [7, 11) is 3.28. The summed E-state index contributed by atoms with van der Waals surface area (Å²) in [5.41, 5.74) is 0. The van der Waals surface area contributed by atoms with Crippen molar-refractivity contribution in [2.24, 2.45) is 0 Å². The first kappa shape index (κ1) is 17.8. The van der Waals surface area contributed by atoms with E-state index in [0.29, 0.717) is 12.8 Å². The van der Waals surface area contributed by atoms with Crippen LogP contribution in [0.5, 0.6) is 0 Å². The minimum Gasteiger partial charge on any atom is -0.461 e. The monoisotopic (exact) mass is 392 g/mol. The number of hydrogen-bond acceptors (Lipinski definition) is 4. The lowest BCUT2D eigenvalue weighted by Crippen LogP contribution is -2.45. The lowest BCUT2D eigenvalue weighted by molar-refractivity contribution is -0.0710. The van der Waals surface area contributed by atoms with Crippen LogP contribution >= 0.6 is 17.2 Å². The van der Waals surface area contributed by atoms with Crippen LogP contribution in [0.2, 0.25) is 0 Å². The molecule has 2 heterocycles. The Morgan fingerprint density at radius 3 is 2.20 bits per heavy atom. The SMILES string of the molecule is O=P(C[C@H]1OCC[C@@H]2[O][Al]([Cl])[O][C@@H]21)(c1ccccc1)c1ccccc1. The van der Waals surface area contributed by atoms with Crippen molar-refractivity contribution in [1.29, 1.82) is 0 Å². The summed E-state index contributed by atoms with van der Waals surface area (Å²) in [4.78, 5) is 0. The lowest BCUT2D eigenvalue weighted by Gasteiger charge is -2.35. The van der Waals surface area contributed by atoms with E-state index < -0.39 is 21.0 Å². The van der Waals surface area contributed by atoms with Crippen molar-refractivity contribution in [3.63, 3.8) is 0 Å². The van der Waals surface area contributed by atoms with Gasteiger partial charge in [-0.15, -0.1) is 0 Å². The summed E-state index contributed by atoms with van der Waals surface area (Å²) >= 11 is -2.11. The molecule has 0 N–H and O–H groups in total. The molecule has 25 heavy (non-hydrogen) atoms. The Morgan fingerprint density at radius 1 is 1.00 bits per heavy atom. The van der Waals surface area contributed by atoms with Crippen molar-refractivity contribution in [2.75, 3.05) is 12.8 Å². The fourth-order valence-electron chi connectivity index (χ4n) is 3.56. The van der Waals surface area contributed by atoms with Crippen LogP contribution in [0.4, 0.5) is 0 Å².